The number of piperidine rings is 1. The summed E-state index contributed by atoms with van der Waals surface area (Å²) in [6.45, 7) is 0.894. The van der Waals surface area contributed by atoms with Crippen molar-refractivity contribution in [3.63, 3.8) is 0 Å². The number of nitrogens with zero attached hydrogens (tertiary/aromatic N) is 3. The third-order valence-electron chi connectivity index (χ3n) is 2.92. The lowest BCUT2D eigenvalue weighted by atomic mass is 9.99. The third kappa shape index (κ3) is 2.48. The summed E-state index contributed by atoms with van der Waals surface area (Å²) in [5, 5.41) is 8.87. The van der Waals surface area contributed by atoms with Crippen LogP contribution in [0, 0.1) is 0 Å². The van der Waals surface area contributed by atoms with Gasteiger partial charge in [0.25, 0.3) is 0 Å². The minimum Gasteiger partial charge on any atom is -0.481 e. The molecule has 0 saturated carbocycles. The van der Waals surface area contributed by atoms with Crippen molar-refractivity contribution in [2.24, 2.45) is 0 Å². The maximum Gasteiger partial charge on any atom is 0.305 e. The SMILES string of the molecule is O=C(O)CC1CCCCN1c1cncnc1. The standard InChI is InChI=1S/C11H15N3O2/c15-11(16)5-9-3-1-2-4-14(9)10-6-12-8-13-7-10/h6-9H,1-5H2,(H,15,16). The van der Waals surface area contributed by atoms with Gasteiger partial charge in [-0.3, -0.25) is 4.79 Å². The maximum atomic E-state index is 10.8. The molecule has 2 heterocycles. The average Bonchev–Trinajstić information content (AvgIpc) is 2.30. The zero-order valence-electron chi connectivity index (χ0n) is 9.04. The molecule has 0 spiro atoms. The molecule has 5 nitrogen and oxygen atoms in total. The van der Waals surface area contributed by atoms with Crippen molar-refractivity contribution >= 4 is 11.7 Å². The molecule has 1 unspecified atom stereocenters. The molecule has 2 rings (SSSR count). The van der Waals surface area contributed by atoms with E-state index in [2.05, 4.69) is 14.9 Å². The first-order valence-corrected chi connectivity index (χ1v) is 5.51. The predicted octanol–water partition coefficient (Wildman–Crippen LogP) is 1.31. The van der Waals surface area contributed by atoms with E-state index in [0.717, 1.165) is 31.5 Å². The van der Waals surface area contributed by atoms with Crippen molar-refractivity contribution < 1.29 is 9.90 Å². The summed E-state index contributed by atoms with van der Waals surface area (Å²) in [5.74, 6) is -0.742. The molecular formula is C11H15N3O2. The summed E-state index contributed by atoms with van der Waals surface area (Å²) in [7, 11) is 0. The number of anilines is 1. The number of aromatic nitrogens is 2. The highest BCUT2D eigenvalue weighted by Gasteiger charge is 2.24. The van der Waals surface area contributed by atoms with E-state index in [1.807, 2.05) is 0 Å². The van der Waals surface area contributed by atoms with Gasteiger partial charge in [0.2, 0.25) is 0 Å². The second-order valence-electron chi connectivity index (χ2n) is 4.04. The van der Waals surface area contributed by atoms with Crippen LogP contribution in [-0.2, 0) is 4.79 Å². The van der Waals surface area contributed by atoms with Crippen LogP contribution >= 0.6 is 0 Å². The van der Waals surface area contributed by atoms with E-state index < -0.39 is 5.97 Å². The summed E-state index contributed by atoms with van der Waals surface area (Å²) in [6.07, 6.45) is 8.29. The fraction of sp³-hybridized carbons (Fsp3) is 0.545. The topological polar surface area (TPSA) is 66.3 Å². The highest BCUT2D eigenvalue weighted by Crippen LogP contribution is 2.25. The molecule has 1 saturated heterocycles. The Balaban J connectivity index is 2.13. The van der Waals surface area contributed by atoms with Crippen molar-refractivity contribution in [3.8, 4) is 0 Å². The third-order valence-corrected chi connectivity index (χ3v) is 2.92. The maximum absolute atomic E-state index is 10.8. The van der Waals surface area contributed by atoms with Gasteiger partial charge in [-0.25, -0.2) is 9.97 Å². The van der Waals surface area contributed by atoms with Crippen molar-refractivity contribution in [1.29, 1.82) is 0 Å². The van der Waals surface area contributed by atoms with Crippen LogP contribution in [0.25, 0.3) is 0 Å². The Bertz CT molecular complexity index is 356. The lowest BCUT2D eigenvalue weighted by Crippen LogP contribution is -2.41. The summed E-state index contributed by atoms with van der Waals surface area (Å²) >= 11 is 0. The van der Waals surface area contributed by atoms with Crippen LogP contribution in [0.5, 0.6) is 0 Å². The van der Waals surface area contributed by atoms with Gasteiger partial charge in [-0.1, -0.05) is 0 Å². The molecule has 1 N–H and O–H groups in total. The molecule has 0 amide bonds. The van der Waals surface area contributed by atoms with Crippen LogP contribution < -0.4 is 4.90 Å². The second-order valence-corrected chi connectivity index (χ2v) is 4.04. The Morgan fingerprint density at radius 2 is 2.19 bits per heavy atom. The van der Waals surface area contributed by atoms with Crippen molar-refractivity contribution in [1.82, 2.24) is 9.97 Å². The van der Waals surface area contributed by atoms with Gasteiger partial charge in [0.05, 0.1) is 24.5 Å². The fourth-order valence-electron chi connectivity index (χ4n) is 2.19. The largest absolute Gasteiger partial charge is 0.481 e. The number of hydrogen-bond donors (Lipinski definition) is 1. The summed E-state index contributed by atoms with van der Waals surface area (Å²) < 4.78 is 0. The lowest BCUT2D eigenvalue weighted by molar-refractivity contribution is -0.137. The van der Waals surface area contributed by atoms with Crippen molar-refractivity contribution in [2.45, 2.75) is 31.7 Å². The van der Waals surface area contributed by atoms with Gasteiger partial charge >= 0.3 is 5.97 Å². The molecule has 0 bridgehead atoms. The molecular weight excluding hydrogens is 206 g/mol. The zero-order chi connectivity index (χ0) is 11.4. The Morgan fingerprint density at radius 3 is 2.88 bits per heavy atom. The molecule has 5 heteroatoms. The number of carboxylic acids is 1. The smallest absolute Gasteiger partial charge is 0.305 e. The average molecular weight is 221 g/mol. The van der Waals surface area contributed by atoms with Gasteiger partial charge in [0.15, 0.2) is 0 Å². The molecule has 1 aliphatic heterocycles. The Labute approximate surface area is 94.1 Å². The molecule has 0 aliphatic carbocycles. The highest BCUT2D eigenvalue weighted by molar-refractivity contribution is 5.68. The molecule has 0 radical (unpaired) electrons. The van der Waals surface area contributed by atoms with Crippen molar-refractivity contribution in [2.75, 3.05) is 11.4 Å². The van der Waals surface area contributed by atoms with E-state index in [1.54, 1.807) is 12.4 Å². The predicted molar refractivity (Wildman–Crippen MR) is 59.3 cm³/mol. The van der Waals surface area contributed by atoms with Gasteiger partial charge in [0, 0.05) is 12.6 Å². The molecule has 16 heavy (non-hydrogen) atoms. The molecule has 86 valence electrons. The van der Waals surface area contributed by atoms with Gasteiger partial charge in [-0.15, -0.1) is 0 Å². The monoisotopic (exact) mass is 221 g/mol. The highest BCUT2D eigenvalue weighted by atomic mass is 16.4. The summed E-state index contributed by atoms with van der Waals surface area (Å²) in [5.41, 5.74) is 0.924. The minimum atomic E-state index is -0.742. The molecule has 1 fully saturated rings. The molecule has 0 aromatic carbocycles. The van der Waals surface area contributed by atoms with Crippen LogP contribution in [0.2, 0.25) is 0 Å². The van der Waals surface area contributed by atoms with Crippen LogP contribution in [0.15, 0.2) is 18.7 Å². The van der Waals surface area contributed by atoms with Crippen LogP contribution in [-0.4, -0.2) is 33.6 Å². The van der Waals surface area contributed by atoms with Gasteiger partial charge in [0.1, 0.15) is 6.33 Å². The van der Waals surface area contributed by atoms with E-state index in [0.29, 0.717) is 0 Å². The van der Waals surface area contributed by atoms with Crippen molar-refractivity contribution in [3.05, 3.63) is 18.7 Å². The lowest BCUT2D eigenvalue weighted by Gasteiger charge is -2.36. The van der Waals surface area contributed by atoms with Gasteiger partial charge in [-0.2, -0.15) is 0 Å². The Kier molecular flexibility index (Phi) is 3.34. The molecule has 1 aromatic rings. The number of hydrogen-bond acceptors (Lipinski definition) is 4. The first-order chi connectivity index (χ1) is 7.77. The van der Waals surface area contributed by atoms with E-state index in [1.165, 1.54) is 6.33 Å². The van der Waals surface area contributed by atoms with E-state index >= 15 is 0 Å². The van der Waals surface area contributed by atoms with Crippen LogP contribution in [0.4, 0.5) is 5.69 Å². The molecule has 1 aromatic heterocycles. The summed E-state index contributed by atoms with van der Waals surface area (Å²) in [4.78, 5) is 20.8. The first kappa shape index (κ1) is 10.9. The number of rotatable bonds is 3. The Morgan fingerprint density at radius 1 is 1.44 bits per heavy atom. The fourth-order valence-corrected chi connectivity index (χ4v) is 2.19. The minimum absolute atomic E-state index is 0.0808. The molecule has 1 atom stereocenters. The number of aliphatic carboxylic acids is 1. The van der Waals surface area contributed by atoms with Gasteiger partial charge < -0.3 is 10.0 Å². The zero-order valence-corrected chi connectivity index (χ0v) is 9.04. The molecule has 1 aliphatic rings. The quantitative estimate of drug-likeness (QED) is 0.833. The first-order valence-electron chi connectivity index (χ1n) is 5.51. The van der Waals surface area contributed by atoms with E-state index in [-0.39, 0.29) is 12.5 Å². The number of carbonyl (C=O) groups is 1. The number of carboxylic acid groups (broad SMARTS) is 1. The van der Waals surface area contributed by atoms with Gasteiger partial charge in [-0.05, 0) is 19.3 Å². The second kappa shape index (κ2) is 4.92. The Hall–Kier alpha value is -1.65. The summed E-state index contributed by atoms with van der Waals surface area (Å²) in [6, 6.07) is 0.0808. The normalized spacial score (nSPS) is 20.8. The van der Waals surface area contributed by atoms with Crippen LogP contribution in [0.3, 0.4) is 0 Å². The van der Waals surface area contributed by atoms with E-state index in [4.69, 9.17) is 5.11 Å². The van der Waals surface area contributed by atoms with Crippen LogP contribution in [0.1, 0.15) is 25.7 Å². The van der Waals surface area contributed by atoms with E-state index in [9.17, 15) is 4.79 Å².